The minimum Gasteiger partial charge on any atom is -0.127 e. The number of hydrogen-bond acceptors (Lipinski definition) is 0. The summed E-state index contributed by atoms with van der Waals surface area (Å²) < 4.78 is 0. The van der Waals surface area contributed by atoms with Gasteiger partial charge in [0.2, 0.25) is 0 Å². The third-order valence-electron chi connectivity index (χ3n) is 2.49. The smallest absolute Gasteiger partial charge is 0.0806 e. The lowest BCUT2D eigenvalue weighted by atomic mass is 10.4. The predicted octanol–water partition coefficient (Wildman–Crippen LogP) is 3.87. The lowest BCUT2D eigenvalue weighted by Gasteiger charge is -2.22. The van der Waals surface area contributed by atoms with Gasteiger partial charge in [0.05, 0.1) is 8.07 Å². The average molecular weight is 229 g/mol. The van der Waals surface area contributed by atoms with Gasteiger partial charge < -0.3 is 0 Å². The molecular formula is C12H21ClSi. The lowest BCUT2D eigenvalue weighted by Crippen LogP contribution is -2.40. The molecule has 0 saturated heterocycles. The van der Waals surface area contributed by atoms with Crippen molar-refractivity contribution in [3.63, 3.8) is 0 Å². The summed E-state index contributed by atoms with van der Waals surface area (Å²) in [5, 5.41) is 1.54. The molecule has 14 heavy (non-hydrogen) atoms. The largest absolute Gasteiger partial charge is 0.127 e. The van der Waals surface area contributed by atoms with Gasteiger partial charge in [-0.1, -0.05) is 62.1 Å². The Bertz CT molecular complexity index is 244. The number of halogens is 1. The van der Waals surface area contributed by atoms with Crippen LogP contribution in [0, 0.1) is 0 Å². The van der Waals surface area contributed by atoms with Crippen molar-refractivity contribution in [1.29, 1.82) is 0 Å². The van der Waals surface area contributed by atoms with Gasteiger partial charge in [-0.05, 0) is 6.42 Å². The Kier molecular flexibility index (Phi) is 6.13. The van der Waals surface area contributed by atoms with Crippen LogP contribution < -0.4 is 5.19 Å². The summed E-state index contributed by atoms with van der Waals surface area (Å²) in [6.07, 6.45) is 1.15. The second-order valence-corrected chi connectivity index (χ2v) is 9.27. The Morgan fingerprint density at radius 2 is 1.71 bits per heavy atom. The van der Waals surface area contributed by atoms with E-state index in [9.17, 15) is 0 Å². The Morgan fingerprint density at radius 3 is 2.21 bits per heavy atom. The molecule has 0 nitrogen and oxygen atoms in total. The van der Waals surface area contributed by atoms with E-state index in [4.69, 9.17) is 11.6 Å². The molecule has 0 aliphatic carbocycles. The highest BCUT2D eigenvalue weighted by atomic mass is 35.5. The van der Waals surface area contributed by atoms with Crippen LogP contribution in [0.2, 0.25) is 19.1 Å². The second kappa shape index (κ2) is 6.26. The third-order valence-corrected chi connectivity index (χ3v) is 6.26. The fourth-order valence-corrected chi connectivity index (χ4v) is 4.34. The highest BCUT2D eigenvalue weighted by Crippen LogP contribution is 2.12. The summed E-state index contributed by atoms with van der Waals surface area (Å²) in [6.45, 7) is 4.82. The highest BCUT2D eigenvalue weighted by molar-refractivity contribution is 6.89. The first-order chi connectivity index (χ1) is 6.17. The van der Waals surface area contributed by atoms with Crippen LogP contribution in [0.15, 0.2) is 30.3 Å². The van der Waals surface area contributed by atoms with E-state index in [0.29, 0.717) is 0 Å². The van der Waals surface area contributed by atoms with Crippen LogP contribution in [0.5, 0.6) is 0 Å². The van der Waals surface area contributed by atoms with Crippen molar-refractivity contribution in [3.05, 3.63) is 30.3 Å². The summed E-state index contributed by atoms with van der Waals surface area (Å²) in [7, 11) is -1.18. The molecule has 80 valence electrons. The maximum atomic E-state index is 5.72. The molecule has 0 aliphatic heterocycles. The first-order valence-electron chi connectivity index (χ1n) is 4.78. The second-order valence-electron chi connectivity index (χ2n) is 4.04. The van der Waals surface area contributed by atoms with Gasteiger partial charge in [-0.3, -0.25) is 0 Å². The number of hydrogen-bond donors (Lipinski definition) is 0. The molecule has 0 bridgehead atoms. The molecule has 0 N–H and O–H groups in total. The van der Waals surface area contributed by atoms with Crippen LogP contribution in [-0.4, -0.2) is 14.0 Å². The van der Waals surface area contributed by atoms with E-state index >= 15 is 0 Å². The molecule has 0 spiro atoms. The first kappa shape index (κ1) is 13.7. The summed E-state index contributed by atoms with van der Waals surface area (Å²) in [5.74, 6) is 0.795. The first-order valence-corrected chi connectivity index (χ1v) is 8.52. The van der Waals surface area contributed by atoms with E-state index in [1.807, 2.05) is 0 Å². The van der Waals surface area contributed by atoms with Crippen molar-refractivity contribution in [1.82, 2.24) is 0 Å². The van der Waals surface area contributed by atoms with E-state index in [2.05, 4.69) is 43.4 Å². The van der Waals surface area contributed by atoms with Gasteiger partial charge in [0.15, 0.2) is 0 Å². The standard InChI is InChI=1S/C11H17ClSi.CH4/c1-13(2,10-6-9-12)11-7-4-3-5-8-11;/h3-5,7-8H,6,9-10H2,1-2H3;1H4. The van der Waals surface area contributed by atoms with Gasteiger partial charge >= 0.3 is 0 Å². The molecule has 2 heteroatoms. The van der Waals surface area contributed by atoms with Crippen molar-refractivity contribution >= 4 is 24.9 Å². The number of benzene rings is 1. The molecular weight excluding hydrogens is 208 g/mol. The summed E-state index contributed by atoms with van der Waals surface area (Å²) in [5.41, 5.74) is 0. The molecule has 1 rings (SSSR count). The monoisotopic (exact) mass is 228 g/mol. The molecule has 0 aromatic heterocycles. The van der Waals surface area contributed by atoms with Crippen molar-refractivity contribution in [3.8, 4) is 0 Å². The Labute approximate surface area is 94.3 Å². The lowest BCUT2D eigenvalue weighted by molar-refractivity contribution is 1.06. The SMILES string of the molecule is C.C[Si](C)(CCCCl)c1ccccc1. The zero-order valence-corrected chi connectivity index (χ0v) is 10.1. The molecule has 0 unspecified atom stereocenters. The topological polar surface area (TPSA) is 0 Å². The minimum atomic E-state index is -1.18. The van der Waals surface area contributed by atoms with Gasteiger partial charge in [-0.15, -0.1) is 11.6 Å². The molecule has 0 atom stereocenters. The fraction of sp³-hybridized carbons (Fsp3) is 0.500. The molecule has 0 aliphatic rings. The van der Waals surface area contributed by atoms with E-state index in [-0.39, 0.29) is 7.43 Å². The summed E-state index contributed by atoms with van der Waals surface area (Å²) in [4.78, 5) is 0. The van der Waals surface area contributed by atoms with E-state index < -0.39 is 8.07 Å². The van der Waals surface area contributed by atoms with Crippen molar-refractivity contribution in [2.45, 2.75) is 33.0 Å². The van der Waals surface area contributed by atoms with Crippen LogP contribution in [0.4, 0.5) is 0 Å². The number of alkyl halides is 1. The molecule has 0 fully saturated rings. The van der Waals surface area contributed by atoms with Crippen LogP contribution >= 0.6 is 11.6 Å². The zero-order valence-electron chi connectivity index (χ0n) is 8.39. The third kappa shape index (κ3) is 3.85. The van der Waals surface area contributed by atoms with E-state index in [0.717, 1.165) is 12.3 Å². The van der Waals surface area contributed by atoms with E-state index in [1.165, 1.54) is 6.04 Å². The van der Waals surface area contributed by atoms with Crippen molar-refractivity contribution in [2.75, 3.05) is 5.88 Å². The molecule has 0 heterocycles. The van der Waals surface area contributed by atoms with Crippen LogP contribution in [0.3, 0.4) is 0 Å². The van der Waals surface area contributed by atoms with Crippen LogP contribution in [0.1, 0.15) is 13.8 Å². The van der Waals surface area contributed by atoms with Gasteiger partial charge in [0, 0.05) is 5.88 Å². The van der Waals surface area contributed by atoms with Crippen molar-refractivity contribution < 1.29 is 0 Å². The van der Waals surface area contributed by atoms with Gasteiger partial charge in [0.25, 0.3) is 0 Å². The van der Waals surface area contributed by atoms with Gasteiger partial charge in [-0.2, -0.15) is 0 Å². The van der Waals surface area contributed by atoms with Crippen LogP contribution in [-0.2, 0) is 0 Å². The normalized spacial score (nSPS) is 10.8. The Morgan fingerprint density at radius 1 is 1.14 bits per heavy atom. The predicted molar refractivity (Wildman–Crippen MR) is 70.4 cm³/mol. The van der Waals surface area contributed by atoms with Crippen LogP contribution in [0.25, 0.3) is 0 Å². The fourth-order valence-electron chi connectivity index (χ4n) is 1.54. The quantitative estimate of drug-likeness (QED) is 0.542. The molecule has 0 saturated carbocycles. The number of rotatable bonds is 4. The molecule has 0 amide bonds. The molecule has 1 aromatic rings. The minimum absolute atomic E-state index is 0. The Balaban J connectivity index is 0.00000169. The summed E-state index contributed by atoms with van der Waals surface area (Å²) >= 11 is 5.72. The maximum absolute atomic E-state index is 5.72. The zero-order chi connectivity index (χ0) is 9.73. The van der Waals surface area contributed by atoms with Gasteiger partial charge in [-0.25, -0.2) is 0 Å². The summed E-state index contributed by atoms with van der Waals surface area (Å²) in [6, 6.07) is 12.1. The molecule has 1 aromatic carbocycles. The Hall–Kier alpha value is -0.273. The maximum Gasteiger partial charge on any atom is 0.0806 e. The highest BCUT2D eigenvalue weighted by Gasteiger charge is 2.21. The van der Waals surface area contributed by atoms with Gasteiger partial charge in [0.1, 0.15) is 0 Å². The van der Waals surface area contributed by atoms with Crippen molar-refractivity contribution in [2.24, 2.45) is 0 Å². The average Bonchev–Trinajstić information content (AvgIpc) is 2.16. The van der Waals surface area contributed by atoms with E-state index in [1.54, 1.807) is 5.19 Å². The molecule has 0 radical (unpaired) electrons.